The lowest BCUT2D eigenvalue weighted by Crippen LogP contribution is -2.37. The van der Waals surface area contributed by atoms with Crippen molar-refractivity contribution in [3.63, 3.8) is 0 Å². The molecule has 0 unspecified atom stereocenters. The molecule has 3 aromatic carbocycles. The number of carbonyl (C=O) groups excluding carboxylic acids is 2. The summed E-state index contributed by atoms with van der Waals surface area (Å²) in [6.07, 6.45) is 1.18. The molecule has 2 heterocycles. The van der Waals surface area contributed by atoms with Crippen LogP contribution in [0.1, 0.15) is 49.9 Å². The van der Waals surface area contributed by atoms with E-state index in [0.717, 1.165) is 37.2 Å². The number of benzene rings is 3. The SMILES string of the molecule is O=C(N[C@@H]1CCN(Cc2ccccc2)C1)c1ccc2c(c1)C[C@@H](c1ccccc1)OC2=O. The highest BCUT2D eigenvalue weighted by Gasteiger charge is 2.29. The minimum absolute atomic E-state index is 0.0884. The molecule has 32 heavy (non-hydrogen) atoms. The monoisotopic (exact) mass is 426 g/mol. The van der Waals surface area contributed by atoms with Crippen molar-refractivity contribution < 1.29 is 14.3 Å². The summed E-state index contributed by atoms with van der Waals surface area (Å²) >= 11 is 0. The summed E-state index contributed by atoms with van der Waals surface area (Å²) in [5.74, 6) is -0.422. The summed E-state index contributed by atoms with van der Waals surface area (Å²) < 4.78 is 5.62. The van der Waals surface area contributed by atoms with Crippen molar-refractivity contribution in [3.05, 3.63) is 107 Å². The smallest absolute Gasteiger partial charge is 0.339 e. The van der Waals surface area contributed by atoms with Crippen LogP contribution in [0.4, 0.5) is 0 Å². The van der Waals surface area contributed by atoms with E-state index in [1.807, 2.05) is 42.5 Å². The van der Waals surface area contributed by atoms with E-state index in [4.69, 9.17) is 4.74 Å². The Morgan fingerprint density at radius 2 is 1.75 bits per heavy atom. The predicted octanol–water partition coefficient (Wildman–Crippen LogP) is 4.15. The largest absolute Gasteiger partial charge is 0.454 e. The van der Waals surface area contributed by atoms with Crippen LogP contribution >= 0.6 is 0 Å². The molecule has 0 saturated carbocycles. The summed E-state index contributed by atoms with van der Waals surface area (Å²) in [4.78, 5) is 27.8. The van der Waals surface area contributed by atoms with Gasteiger partial charge in [0.15, 0.2) is 0 Å². The molecular formula is C27H26N2O3. The van der Waals surface area contributed by atoms with Crippen molar-refractivity contribution in [2.24, 2.45) is 0 Å². The average Bonchev–Trinajstić information content (AvgIpc) is 3.26. The van der Waals surface area contributed by atoms with E-state index in [0.29, 0.717) is 17.5 Å². The molecule has 3 aromatic rings. The topological polar surface area (TPSA) is 58.6 Å². The number of hydrogen-bond donors (Lipinski definition) is 1. The Kier molecular flexibility index (Phi) is 5.73. The second-order valence-corrected chi connectivity index (χ2v) is 8.56. The van der Waals surface area contributed by atoms with Gasteiger partial charge < -0.3 is 10.1 Å². The highest BCUT2D eigenvalue weighted by molar-refractivity contribution is 5.98. The number of nitrogens with zero attached hydrogens (tertiary/aromatic N) is 1. The second-order valence-electron chi connectivity index (χ2n) is 8.56. The van der Waals surface area contributed by atoms with Gasteiger partial charge in [-0.3, -0.25) is 9.69 Å². The lowest BCUT2D eigenvalue weighted by molar-refractivity contribution is 0.0252. The molecule has 5 heteroatoms. The number of likely N-dealkylation sites (tertiary alicyclic amines) is 1. The Morgan fingerprint density at radius 3 is 2.53 bits per heavy atom. The Hall–Kier alpha value is -3.44. The maximum absolute atomic E-state index is 12.9. The molecule has 0 aromatic heterocycles. The number of nitrogens with one attached hydrogen (secondary N) is 1. The maximum Gasteiger partial charge on any atom is 0.339 e. The van der Waals surface area contributed by atoms with Crippen molar-refractivity contribution >= 4 is 11.9 Å². The molecule has 5 rings (SSSR count). The van der Waals surface area contributed by atoms with Crippen LogP contribution < -0.4 is 5.32 Å². The van der Waals surface area contributed by atoms with Crippen molar-refractivity contribution in [2.45, 2.75) is 31.5 Å². The first-order chi connectivity index (χ1) is 15.7. The van der Waals surface area contributed by atoms with Gasteiger partial charge in [0.2, 0.25) is 0 Å². The molecule has 0 radical (unpaired) electrons. The highest BCUT2D eigenvalue weighted by atomic mass is 16.5. The fourth-order valence-electron chi connectivity index (χ4n) is 4.60. The number of hydrogen-bond acceptors (Lipinski definition) is 4. The number of amides is 1. The van der Waals surface area contributed by atoms with Gasteiger partial charge in [-0.1, -0.05) is 60.7 Å². The van der Waals surface area contributed by atoms with Crippen molar-refractivity contribution in [1.29, 1.82) is 0 Å². The Balaban J connectivity index is 1.24. The van der Waals surface area contributed by atoms with E-state index in [-0.39, 0.29) is 24.0 Å². The minimum Gasteiger partial charge on any atom is -0.454 e. The van der Waals surface area contributed by atoms with Crippen molar-refractivity contribution in [3.8, 4) is 0 Å². The normalized spacial score (nSPS) is 20.4. The summed E-state index contributed by atoms with van der Waals surface area (Å²) in [5.41, 5.74) is 4.25. The molecule has 1 saturated heterocycles. The number of rotatable bonds is 5. The third-order valence-electron chi connectivity index (χ3n) is 6.27. The lowest BCUT2D eigenvalue weighted by atomic mass is 9.93. The first-order valence-electron chi connectivity index (χ1n) is 11.1. The Morgan fingerprint density at radius 1 is 1.00 bits per heavy atom. The number of fused-ring (bicyclic) bond motifs is 1. The van der Waals surface area contributed by atoms with Gasteiger partial charge in [0, 0.05) is 37.7 Å². The van der Waals surface area contributed by atoms with Crippen LogP contribution in [0.5, 0.6) is 0 Å². The fraction of sp³-hybridized carbons (Fsp3) is 0.259. The van der Waals surface area contributed by atoms with Gasteiger partial charge in [-0.2, -0.15) is 0 Å². The molecule has 1 amide bonds. The number of cyclic esters (lactones) is 1. The molecule has 0 aliphatic carbocycles. The van der Waals surface area contributed by atoms with Gasteiger partial charge in [0.1, 0.15) is 6.10 Å². The standard InChI is InChI=1S/C27H26N2O3/c30-26(28-23-13-14-29(18-23)17-19-7-3-1-4-8-19)21-11-12-24-22(15-21)16-25(32-27(24)31)20-9-5-2-6-10-20/h1-12,15,23,25H,13-14,16-18H2,(H,28,30)/t23-,25+/m1/s1. The molecule has 2 aliphatic rings. The van der Waals surface area contributed by atoms with E-state index in [1.54, 1.807) is 12.1 Å². The van der Waals surface area contributed by atoms with Crippen molar-refractivity contribution in [2.75, 3.05) is 13.1 Å². The second kappa shape index (κ2) is 8.97. The first-order valence-corrected chi connectivity index (χ1v) is 11.1. The van der Waals surface area contributed by atoms with Gasteiger partial charge in [-0.25, -0.2) is 4.79 Å². The molecule has 1 N–H and O–H groups in total. The van der Waals surface area contributed by atoms with Crippen LogP contribution in [0.2, 0.25) is 0 Å². The molecule has 0 bridgehead atoms. The zero-order chi connectivity index (χ0) is 21.9. The van der Waals surface area contributed by atoms with Crippen LogP contribution in [-0.4, -0.2) is 35.9 Å². The van der Waals surface area contributed by atoms with Gasteiger partial charge in [0.05, 0.1) is 5.56 Å². The first kappa shape index (κ1) is 20.5. The Bertz CT molecular complexity index is 1110. The summed E-state index contributed by atoms with van der Waals surface area (Å²) in [6, 6.07) is 25.5. The predicted molar refractivity (Wildman–Crippen MR) is 122 cm³/mol. The van der Waals surface area contributed by atoms with E-state index in [9.17, 15) is 9.59 Å². The molecule has 1 fully saturated rings. The van der Waals surface area contributed by atoms with Crippen LogP contribution in [0.15, 0.2) is 78.9 Å². The van der Waals surface area contributed by atoms with Crippen LogP contribution in [0, 0.1) is 0 Å². The third-order valence-corrected chi connectivity index (χ3v) is 6.27. The maximum atomic E-state index is 12.9. The summed E-state index contributed by atoms with van der Waals surface area (Å²) in [6.45, 7) is 2.71. The molecule has 2 aliphatic heterocycles. The van der Waals surface area contributed by atoms with Crippen LogP contribution in [0.25, 0.3) is 0 Å². The molecule has 0 spiro atoms. The van der Waals surface area contributed by atoms with E-state index in [2.05, 4.69) is 34.5 Å². The molecule has 2 atom stereocenters. The van der Waals surface area contributed by atoms with Gasteiger partial charge in [0.25, 0.3) is 5.91 Å². The highest BCUT2D eigenvalue weighted by Crippen LogP contribution is 2.31. The summed E-state index contributed by atoms with van der Waals surface area (Å²) in [7, 11) is 0. The molecule has 162 valence electrons. The molecule has 5 nitrogen and oxygen atoms in total. The van der Waals surface area contributed by atoms with Gasteiger partial charge in [-0.15, -0.1) is 0 Å². The molecular weight excluding hydrogens is 400 g/mol. The fourth-order valence-corrected chi connectivity index (χ4v) is 4.60. The van der Waals surface area contributed by atoms with Crippen LogP contribution in [0.3, 0.4) is 0 Å². The Labute approximate surface area is 188 Å². The average molecular weight is 427 g/mol. The van der Waals surface area contributed by atoms with E-state index in [1.165, 1.54) is 5.56 Å². The summed E-state index contributed by atoms with van der Waals surface area (Å²) in [5, 5.41) is 3.18. The van der Waals surface area contributed by atoms with Gasteiger partial charge >= 0.3 is 5.97 Å². The van der Waals surface area contributed by atoms with Crippen LogP contribution in [-0.2, 0) is 17.7 Å². The zero-order valence-corrected chi connectivity index (χ0v) is 17.9. The third kappa shape index (κ3) is 4.43. The van der Waals surface area contributed by atoms with Crippen molar-refractivity contribution in [1.82, 2.24) is 10.2 Å². The number of esters is 1. The zero-order valence-electron chi connectivity index (χ0n) is 17.9. The lowest BCUT2D eigenvalue weighted by Gasteiger charge is -2.25. The van der Waals surface area contributed by atoms with Gasteiger partial charge in [-0.05, 0) is 41.3 Å². The number of carbonyl (C=O) groups is 2. The van der Waals surface area contributed by atoms with E-state index < -0.39 is 0 Å². The number of ether oxygens (including phenoxy) is 1. The minimum atomic E-state index is -0.334. The quantitative estimate of drug-likeness (QED) is 0.623. The van der Waals surface area contributed by atoms with E-state index >= 15 is 0 Å².